The zero-order valence-electron chi connectivity index (χ0n) is 11.8. The summed E-state index contributed by atoms with van der Waals surface area (Å²) in [4.78, 5) is 30.0. The van der Waals surface area contributed by atoms with Crippen molar-refractivity contribution in [3.63, 3.8) is 0 Å². The third kappa shape index (κ3) is 3.43. The molecule has 1 aromatic heterocycles. The van der Waals surface area contributed by atoms with Crippen molar-refractivity contribution in [1.82, 2.24) is 9.97 Å². The quantitative estimate of drug-likeness (QED) is 0.769. The standard InChI is InChI=1S/C14H17N3O3S/c1-14(2,11(15)13(19)20)21-7-10-12(18)17-9-6-4-3-5-8(9)16-10/h3-6,11H,7,15H2,1-2H3,(H,17,18)(H,19,20)/t11-/m1/s1. The molecule has 0 radical (unpaired) electrons. The number of aromatic nitrogens is 2. The number of rotatable bonds is 5. The predicted octanol–water partition coefficient (Wildman–Crippen LogP) is 1.35. The molecule has 21 heavy (non-hydrogen) atoms. The van der Waals surface area contributed by atoms with Gasteiger partial charge in [-0.2, -0.15) is 0 Å². The molecule has 0 aliphatic rings. The lowest BCUT2D eigenvalue weighted by molar-refractivity contribution is -0.139. The Morgan fingerprint density at radius 1 is 1.48 bits per heavy atom. The zero-order valence-corrected chi connectivity index (χ0v) is 12.6. The van der Waals surface area contributed by atoms with Crippen LogP contribution in [0.3, 0.4) is 0 Å². The van der Waals surface area contributed by atoms with Gasteiger partial charge >= 0.3 is 5.97 Å². The van der Waals surface area contributed by atoms with Crippen molar-refractivity contribution in [1.29, 1.82) is 0 Å². The van der Waals surface area contributed by atoms with Gasteiger partial charge in [0.2, 0.25) is 0 Å². The third-order valence-corrected chi connectivity index (χ3v) is 4.68. The summed E-state index contributed by atoms with van der Waals surface area (Å²) in [6.45, 7) is 3.48. The first-order valence-electron chi connectivity index (χ1n) is 6.41. The van der Waals surface area contributed by atoms with Gasteiger partial charge in [0.25, 0.3) is 5.56 Å². The highest BCUT2D eigenvalue weighted by Gasteiger charge is 2.32. The Morgan fingerprint density at radius 2 is 2.14 bits per heavy atom. The van der Waals surface area contributed by atoms with Gasteiger partial charge in [0.1, 0.15) is 11.7 Å². The number of thioether (sulfide) groups is 1. The van der Waals surface area contributed by atoms with E-state index in [0.717, 1.165) is 0 Å². The number of aromatic amines is 1. The Hall–Kier alpha value is -1.86. The number of aliphatic carboxylic acids is 1. The minimum Gasteiger partial charge on any atom is -0.480 e. The Morgan fingerprint density at radius 3 is 2.81 bits per heavy atom. The maximum atomic E-state index is 12.0. The number of nitrogens with one attached hydrogen (secondary N) is 1. The van der Waals surface area contributed by atoms with Gasteiger partial charge in [-0.25, -0.2) is 4.98 Å². The van der Waals surface area contributed by atoms with Crippen molar-refractivity contribution in [2.45, 2.75) is 30.4 Å². The van der Waals surface area contributed by atoms with E-state index in [2.05, 4.69) is 9.97 Å². The minimum absolute atomic E-state index is 0.263. The van der Waals surface area contributed by atoms with Crippen molar-refractivity contribution in [3.05, 3.63) is 40.3 Å². The van der Waals surface area contributed by atoms with E-state index in [4.69, 9.17) is 10.8 Å². The lowest BCUT2D eigenvalue weighted by Gasteiger charge is -2.27. The van der Waals surface area contributed by atoms with E-state index in [-0.39, 0.29) is 5.56 Å². The van der Waals surface area contributed by atoms with Gasteiger partial charge in [-0.15, -0.1) is 11.8 Å². The first-order chi connectivity index (χ1) is 9.81. The summed E-state index contributed by atoms with van der Waals surface area (Å²) >= 11 is 1.30. The molecule has 1 heterocycles. The molecular formula is C14H17N3O3S. The van der Waals surface area contributed by atoms with Crippen LogP contribution in [-0.2, 0) is 10.5 Å². The first kappa shape index (κ1) is 15.5. The molecular weight excluding hydrogens is 290 g/mol. The topological polar surface area (TPSA) is 109 Å². The second-order valence-corrected chi connectivity index (χ2v) is 6.87. The van der Waals surface area contributed by atoms with E-state index in [1.54, 1.807) is 19.9 Å². The van der Waals surface area contributed by atoms with E-state index in [0.29, 0.717) is 22.5 Å². The van der Waals surface area contributed by atoms with Crippen LogP contribution in [0.25, 0.3) is 11.0 Å². The van der Waals surface area contributed by atoms with Crippen LogP contribution in [0.2, 0.25) is 0 Å². The van der Waals surface area contributed by atoms with Crippen molar-refractivity contribution < 1.29 is 9.90 Å². The summed E-state index contributed by atoms with van der Waals surface area (Å²) < 4.78 is -0.703. The van der Waals surface area contributed by atoms with E-state index in [9.17, 15) is 9.59 Å². The SMILES string of the molecule is CC(C)(SCc1nc2ccccc2[nH]c1=O)[C@H](N)C(=O)O. The van der Waals surface area contributed by atoms with Crippen LogP contribution in [-0.4, -0.2) is 31.8 Å². The minimum atomic E-state index is -1.06. The molecule has 7 heteroatoms. The summed E-state index contributed by atoms with van der Waals surface area (Å²) in [7, 11) is 0. The lowest BCUT2D eigenvalue weighted by atomic mass is 10.1. The molecule has 0 unspecified atom stereocenters. The molecule has 112 valence electrons. The van der Waals surface area contributed by atoms with E-state index in [1.807, 2.05) is 18.2 Å². The number of fused-ring (bicyclic) bond motifs is 1. The monoisotopic (exact) mass is 307 g/mol. The lowest BCUT2D eigenvalue weighted by Crippen LogP contribution is -2.46. The molecule has 0 bridgehead atoms. The predicted molar refractivity (Wildman–Crippen MR) is 83.3 cm³/mol. The average Bonchev–Trinajstić information content (AvgIpc) is 2.44. The summed E-state index contributed by atoms with van der Waals surface area (Å²) in [6.07, 6.45) is 0. The van der Waals surface area contributed by atoms with E-state index < -0.39 is 16.8 Å². The number of carbonyl (C=O) groups is 1. The van der Waals surface area contributed by atoms with Crippen molar-refractivity contribution in [2.24, 2.45) is 5.73 Å². The second kappa shape index (κ2) is 5.87. The first-order valence-corrected chi connectivity index (χ1v) is 7.40. The number of hydrogen-bond acceptors (Lipinski definition) is 5. The van der Waals surface area contributed by atoms with Gasteiger partial charge in [-0.3, -0.25) is 9.59 Å². The summed E-state index contributed by atoms with van der Waals surface area (Å²) in [5.74, 6) is -0.762. The summed E-state index contributed by atoms with van der Waals surface area (Å²) in [6, 6.07) is 6.25. The molecule has 0 aliphatic carbocycles. The molecule has 2 aromatic rings. The molecule has 0 fully saturated rings. The highest BCUT2D eigenvalue weighted by molar-refractivity contribution is 7.99. The van der Waals surface area contributed by atoms with Crippen molar-refractivity contribution >= 4 is 28.8 Å². The Bertz CT molecular complexity index is 727. The van der Waals surface area contributed by atoms with Gasteiger partial charge in [0, 0.05) is 10.5 Å². The van der Waals surface area contributed by atoms with Crippen molar-refractivity contribution in [3.8, 4) is 0 Å². The molecule has 0 spiro atoms. The number of carboxylic acids is 1. The molecule has 4 N–H and O–H groups in total. The van der Waals surface area contributed by atoms with Crippen LogP contribution < -0.4 is 11.3 Å². The number of carboxylic acid groups (broad SMARTS) is 1. The van der Waals surface area contributed by atoms with E-state index >= 15 is 0 Å². The zero-order chi connectivity index (χ0) is 15.6. The maximum Gasteiger partial charge on any atom is 0.321 e. The fourth-order valence-electron chi connectivity index (χ4n) is 1.81. The highest BCUT2D eigenvalue weighted by Crippen LogP contribution is 2.29. The van der Waals surface area contributed by atoms with Crippen LogP contribution >= 0.6 is 11.8 Å². The van der Waals surface area contributed by atoms with Gasteiger partial charge in [-0.1, -0.05) is 12.1 Å². The number of nitrogens with zero attached hydrogens (tertiary/aromatic N) is 1. The van der Waals surface area contributed by atoms with Crippen LogP contribution in [0.5, 0.6) is 0 Å². The molecule has 1 aromatic carbocycles. The normalized spacial score (nSPS) is 13.3. The maximum absolute atomic E-state index is 12.0. The Labute approximate surface area is 125 Å². The van der Waals surface area contributed by atoms with Crippen LogP contribution in [0.4, 0.5) is 0 Å². The summed E-state index contributed by atoms with van der Waals surface area (Å²) in [5.41, 5.74) is 7.14. The number of nitrogens with two attached hydrogens (primary N) is 1. The van der Waals surface area contributed by atoms with Crippen LogP contribution in [0.15, 0.2) is 29.1 Å². The van der Waals surface area contributed by atoms with Crippen LogP contribution in [0.1, 0.15) is 19.5 Å². The number of hydrogen-bond donors (Lipinski definition) is 3. The third-order valence-electron chi connectivity index (χ3n) is 3.27. The average molecular weight is 307 g/mol. The Balaban J connectivity index is 2.22. The number of benzene rings is 1. The fourth-order valence-corrected chi connectivity index (χ4v) is 2.79. The smallest absolute Gasteiger partial charge is 0.321 e. The largest absolute Gasteiger partial charge is 0.480 e. The molecule has 0 aliphatic heterocycles. The van der Waals surface area contributed by atoms with Gasteiger partial charge in [-0.05, 0) is 26.0 Å². The van der Waals surface area contributed by atoms with E-state index in [1.165, 1.54) is 11.8 Å². The molecule has 6 nitrogen and oxygen atoms in total. The second-order valence-electron chi connectivity index (χ2n) is 5.24. The van der Waals surface area contributed by atoms with Gasteiger partial charge < -0.3 is 15.8 Å². The fraction of sp³-hybridized carbons (Fsp3) is 0.357. The molecule has 0 amide bonds. The van der Waals surface area contributed by atoms with Crippen molar-refractivity contribution in [2.75, 3.05) is 0 Å². The van der Waals surface area contributed by atoms with Gasteiger partial charge in [0.05, 0.1) is 11.0 Å². The molecule has 0 saturated heterocycles. The summed E-state index contributed by atoms with van der Waals surface area (Å²) in [5, 5.41) is 8.99. The number of para-hydroxylation sites is 2. The molecule has 2 rings (SSSR count). The highest BCUT2D eigenvalue weighted by atomic mass is 32.2. The van der Waals surface area contributed by atoms with Crippen LogP contribution in [0, 0.1) is 0 Å². The molecule has 0 saturated carbocycles. The number of H-pyrrole nitrogens is 1. The molecule has 1 atom stereocenters. The van der Waals surface area contributed by atoms with Gasteiger partial charge in [0.15, 0.2) is 0 Å². The Kier molecular flexibility index (Phi) is 4.34.